The van der Waals surface area contributed by atoms with Crippen LogP contribution in [0.4, 0.5) is 4.39 Å². The van der Waals surface area contributed by atoms with Crippen molar-refractivity contribution >= 4 is 48.9 Å². The third kappa shape index (κ3) is 2.57. The molecule has 2 aromatic heterocycles. The van der Waals surface area contributed by atoms with Crippen molar-refractivity contribution in [2.24, 2.45) is 0 Å². The van der Waals surface area contributed by atoms with E-state index in [1.165, 1.54) is 23.5 Å². The molecule has 0 radical (unpaired) electrons. The molecule has 0 atom stereocenters. The number of rotatable bonds is 3. The average molecular weight is 357 g/mol. The number of nitrogens with zero attached hydrogens (tertiary/aromatic N) is 1. The number of esters is 1. The molecule has 0 spiro atoms. The number of fused-ring (bicyclic) bond motifs is 3. The van der Waals surface area contributed by atoms with E-state index in [1.54, 1.807) is 30.4 Å². The maximum Gasteiger partial charge on any atom is 0.348 e. The first kappa shape index (κ1) is 15.2. The van der Waals surface area contributed by atoms with Gasteiger partial charge in [-0.3, -0.25) is 0 Å². The van der Waals surface area contributed by atoms with Gasteiger partial charge in [0.15, 0.2) is 0 Å². The number of benzene rings is 2. The first-order chi connectivity index (χ1) is 11.7. The van der Waals surface area contributed by atoms with E-state index in [1.807, 2.05) is 18.2 Å². The first-order valence-corrected chi connectivity index (χ1v) is 9.05. The van der Waals surface area contributed by atoms with E-state index in [4.69, 9.17) is 4.74 Å². The number of hydrogen-bond acceptors (Lipinski definition) is 5. The van der Waals surface area contributed by atoms with Gasteiger partial charge in [-0.2, -0.15) is 0 Å². The second-order valence-corrected chi connectivity index (χ2v) is 7.27. The fraction of sp³-hybridized carbons (Fsp3) is 0.111. The minimum Gasteiger partial charge on any atom is -0.462 e. The Morgan fingerprint density at radius 1 is 1.17 bits per heavy atom. The van der Waals surface area contributed by atoms with Crippen LogP contribution < -0.4 is 0 Å². The number of thiophene rings is 1. The Balaban J connectivity index is 1.85. The second-order valence-electron chi connectivity index (χ2n) is 5.18. The summed E-state index contributed by atoms with van der Waals surface area (Å²) < 4.78 is 20.2. The third-order valence-corrected chi connectivity index (χ3v) is 5.85. The molecule has 6 heteroatoms. The Hall–Kier alpha value is -2.31. The molecule has 0 aliphatic heterocycles. The fourth-order valence-corrected chi connectivity index (χ4v) is 4.63. The highest BCUT2D eigenvalue weighted by Gasteiger charge is 2.15. The minimum atomic E-state index is -0.296. The zero-order chi connectivity index (χ0) is 16.7. The molecule has 0 saturated heterocycles. The molecule has 0 aliphatic rings. The fourth-order valence-electron chi connectivity index (χ4n) is 2.52. The van der Waals surface area contributed by atoms with Crippen molar-refractivity contribution < 1.29 is 13.9 Å². The van der Waals surface area contributed by atoms with Gasteiger partial charge in [0.2, 0.25) is 0 Å². The standard InChI is InChI=1S/C18H12FNO2S2/c1-2-22-18(21)15-9-12-14(23-15)8-7-13-16(12)24-17(20-13)10-3-5-11(19)6-4-10/h3-9H,2H2,1H3. The molecule has 2 aromatic carbocycles. The van der Waals surface area contributed by atoms with Crippen molar-refractivity contribution in [3.8, 4) is 10.6 Å². The molecule has 24 heavy (non-hydrogen) atoms. The molecule has 0 bridgehead atoms. The summed E-state index contributed by atoms with van der Waals surface area (Å²) in [6.45, 7) is 2.15. The lowest BCUT2D eigenvalue weighted by Crippen LogP contribution is -2.01. The van der Waals surface area contributed by atoms with Crippen LogP contribution in [0.5, 0.6) is 0 Å². The van der Waals surface area contributed by atoms with Crippen LogP contribution in [0.2, 0.25) is 0 Å². The van der Waals surface area contributed by atoms with Crippen molar-refractivity contribution in [1.29, 1.82) is 0 Å². The van der Waals surface area contributed by atoms with Gasteiger partial charge in [0.25, 0.3) is 0 Å². The van der Waals surface area contributed by atoms with Gasteiger partial charge in [0.05, 0.1) is 16.8 Å². The van der Waals surface area contributed by atoms with Crippen LogP contribution in [0.25, 0.3) is 30.9 Å². The quantitative estimate of drug-likeness (QED) is 0.455. The lowest BCUT2D eigenvalue weighted by atomic mass is 10.2. The van der Waals surface area contributed by atoms with E-state index in [9.17, 15) is 9.18 Å². The zero-order valence-corrected chi connectivity index (χ0v) is 14.3. The Labute approximate surface area is 145 Å². The number of carbonyl (C=O) groups is 1. The first-order valence-electron chi connectivity index (χ1n) is 7.42. The van der Waals surface area contributed by atoms with Crippen LogP contribution in [0.3, 0.4) is 0 Å². The van der Waals surface area contributed by atoms with Crippen LogP contribution in [0, 0.1) is 5.82 Å². The highest BCUT2D eigenvalue weighted by molar-refractivity contribution is 7.25. The van der Waals surface area contributed by atoms with E-state index < -0.39 is 0 Å². The molecule has 4 rings (SSSR count). The van der Waals surface area contributed by atoms with Gasteiger partial charge in [0, 0.05) is 15.6 Å². The lowest BCUT2D eigenvalue weighted by Gasteiger charge is -1.95. The van der Waals surface area contributed by atoms with Crippen molar-refractivity contribution in [3.63, 3.8) is 0 Å². The van der Waals surface area contributed by atoms with Gasteiger partial charge in [-0.1, -0.05) is 0 Å². The summed E-state index contributed by atoms with van der Waals surface area (Å²) in [4.78, 5) is 17.2. The number of hydrogen-bond donors (Lipinski definition) is 0. The van der Waals surface area contributed by atoms with E-state index in [0.717, 1.165) is 30.9 Å². The van der Waals surface area contributed by atoms with Crippen molar-refractivity contribution in [2.75, 3.05) is 6.61 Å². The summed E-state index contributed by atoms with van der Waals surface area (Å²) >= 11 is 2.97. The van der Waals surface area contributed by atoms with Gasteiger partial charge in [0.1, 0.15) is 15.7 Å². The van der Waals surface area contributed by atoms with Gasteiger partial charge in [-0.25, -0.2) is 14.2 Å². The Bertz CT molecular complexity index is 1050. The second kappa shape index (κ2) is 5.96. The predicted octanol–water partition coefficient (Wildman–Crippen LogP) is 5.49. The monoisotopic (exact) mass is 357 g/mol. The largest absolute Gasteiger partial charge is 0.462 e. The molecule has 0 amide bonds. The average Bonchev–Trinajstić information content (AvgIpc) is 3.19. The molecular formula is C18H12FNO2S2. The predicted molar refractivity (Wildman–Crippen MR) is 96.4 cm³/mol. The van der Waals surface area contributed by atoms with E-state index >= 15 is 0 Å². The van der Waals surface area contributed by atoms with Gasteiger partial charge < -0.3 is 4.74 Å². The summed E-state index contributed by atoms with van der Waals surface area (Å²) in [6.07, 6.45) is 0. The molecule has 0 saturated carbocycles. The minimum absolute atomic E-state index is 0.265. The SMILES string of the molecule is CCOC(=O)c1cc2c(ccc3nc(-c4ccc(F)cc4)sc32)s1. The van der Waals surface area contributed by atoms with E-state index in [2.05, 4.69) is 4.98 Å². The number of halogens is 1. The molecule has 2 heterocycles. The topological polar surface area (TPSA) is 39.2 Å². The highest BCUT2D eigenvalue weighted by atomic mass is 32.1. The van der Waals surface area contributed by atoms with Crippen molar-refractivity contribution in [2.45, 2.75) is 6.92 Å². The lowest BCUT2D eigenvalue weighted by molar-refractivity contribution is 0.0532. The highest BCUT2D eigenvalue weighted by Crippen LogP contribution is 2.38. The molecular weight excluding hydrogens is 345 g/mol. The van der Waals surface area contributed by atoms with E-state index in [-0.39, 0.29) is 11.8 Å². The maximum atomic E-state index is 13.1. The molecule has 0 fully saturated rings. The van der Waals surface area contributed by atoms with Gasteiger partial charge >= 0.3 is 5.97 Å². The normalized spacial score (nSPS) is 11.2. The third-order valence-electron chi connectivity index (χ3n) is 3.62. The smallest absolute Gasteiger partial charge is 0.348 e. The summed E-state index contributed by atoms with van der Waals surface area (Å²) in [5.41, 5.74) is 1.76. The zero-order valence-electron chi connectivity index (χ0n) is 12.7. The summed E-state index contributed by atoms with van der Waals surface area (Å²) in [6, 6.07) is 12.1. The molecule has 0 unspecified atom stereocenters. The van der Waals surface area contributed by atoms with Gasteiger partial charge in [-0.15, -0.1) is 22.7 Å². The molecule has 4 aromatic rings. The van der Waals surface area contributed by atoms with Crippen molar-refractivity contribution in [1.82, 2.24) is 4.98 Å². The van der Waals surface area contributed by atoms with Crippen LogP contribution in [-0.2, 0) is 4.74 Å². The summed E-state index contributed by atoms with van der Waals surface area (Å²) in [5, 5.41) is 1.84. The van der Waals surface area contributed by atoms with Crippen LogP contribution in [-0.4, -0.2) is 17.6 Å². The van der Waals surface area contributed by atoms with Gasteiger partial charge in [-0.05, 0) is 49.4 Å². The number of thiazole rings is 1. The Morgan fingerprint density at radius 2 is 1.96 bits per heavy atom. The van der Waals surface area contributed by atoms with Crippen molar-refractivity contribution in [3.05, 3.63) is 53.2 Å². The van der Waals surface area contributed by atoms with E-state index in [0.29, 0.717) is 11.5 Å². The van der Waals surface area contributed by atoms with Crippen LogP contribution >= 0.6 is 22.7 Å². The van der Waals surface area contributed by atoms with Crippen LogP contribution in [0.15, 0.2) is 42.5 Å². The summed E-state index contributed by atoms with van der Waals surface area (Å²) in [7, 11) is 0. The summed E-state index contributed by atoms with van der Waals surface area (Å²) in [5.74, 6) is -0.561. The Morgan fingerprint density at radius 3 is 2.71 bits per heavy atom. The number of aromatic nitrogens is 1. The van der Waals surface area contributed by atoms with Crippen LogP contribution in [0.1, 0.15) is 16.6 Å². The Kier molecular flexibility index (Phi) is 3.78. The maximum absolute atomic E-state index is 13.1. The molecule has 0 N–H and O–H groups in total. The number of carbonyl (C=O) groups excluding carboxylic acids is 1. The molecule has 3 nitrogen and oxygen atoms in total. The number of ether oxygens (including phenoxy) is 1. The molecule has 120 valence electrons. The molecule has 0 aliphatic carbocycles.